The molecular weight excluding hydrogens is 707 g/mol. The standard InChI is InChI=1S/C45H51N3O6Si/c1-45(2,3)54-43(51)31-23-21-29(22-24-31)25-39(47-44(52)53-26-37-35-18-10-8-16-33(35)34-17-9-11-19-36(34)37)42(50)48-28-55(4,5)27-40(48)41(49)46-38-20-12-14-30-13-6-7-15-32(30)38/h6-11,13,15-19,21-24,37-40H,12,14,20,25-28H2,1-5H3,(H,46,49)(H,47,52)/t38?,39?,40-/m0/s1. The molecule has 0 aromatic heterocycles. The lowest BCUT2D eigenvalue weighted by molar-refractivity contribution is -0.139. The van der Waals surface area contributed by atoms with Crippen LogP contribution in [0.1, 0.15) is 83.7 Å². The van der Waals surface area contributed by atoms with Crippen molar-refractivity contribution in [3.63, 3.8) is 0 Å². The molecule has 0 bridgehead atoms. The predicted octanol–water partition coefficient (Wildman–Crippen LogP) is 7.74. The molecule has 0 saturated carbocycles. The van der Waals surface area contributed by atoms with E-state index in [1.807, 2.05) is 57.2 Å². The number of carbonyl (C=O) groups excluding carboxylic acids is 4. The number of aryl methyl sites for hydroxylation is 1. The second-order valence-electron chi connectivity index (χ2n) is 16.9. The molecule has 2 unspecified atom stereocenters. The van der Waals surface area contributed by atoms with Gasteiger partial charge in [-0.2, -0.15) is 0 Å². The van der Waals surface area contributed by atoms with Crippen LogP contribution < -0.4 is 10.6 Å². The van der Waals surface area contributed by atoms with Crippen LogP contribution in [0.3, 0.4) is 0 Å². The monoisotopic (exact) mass is 757 g/mol. The number of amides is 3. The molecule has 1 heterocycles. The Labute approximate surface area is 324 Å². The van der Waals surface area contributed by atoms with Crippen LogP contribution in [-0.2, 0) is 31.9 Å². The maximum Gasteiger partial charge on any atom is 0.407 e. The molecule has 0 radical (unpaired) electrons. The molecule has 1 aliphatic heterocycles. The van der Waals surface area contributed by atoms with E-state index in [-0.39, 0.29) is 36.8 Å². The van der Waals surface area contributed by atoms with Gasteiger partial charge in [-0.05, 0) is 97.2 Å². The van der Waals surface area contributed by atoms with Gasteiger partial charge in [0.15, 0.2) is 0 Å². The summed E-state index contributed by atoms with van der Waals surface area (Å²) in [5, 5.41) is 6.21. The Bertz CT molecular complexity index is 2050. The Kier molecular flexibility index (Phi) is 10.7. The summed E-state index contributed by atoms with van der Waals surface area (Å²) in [7, 11) is -2.00. The summed E-state index contributed by atoms with van der Waals surface area (Å²) in [4.78, 5) is 57.0. The van der Waals surface area contributed by atoms with Crippen molar-refractivity contribution >= 4 is 32.0 Å². The Hall–Kier alpha value is -5.22. The van der Waals surface area contributed by atoms with Gasteiger partial charge in [0.1, 0.15) is 24.3 Å². The topological polar surface area (TPSA) is 114 Å². The lowest BCUT2D eigenvalue weighted by Gasteiger charge is -2.32. The number of hydrogen-bond donors (Lipinski definition) is 2. The van der Waals surface area contributed by atoms with Crippen LogP contribution in [0.4, 0.5) is 4.79 Å². The van der Waals surface area contributed by atoms with Gasteiger partial charge < -0.3 is 25.0 Å². The third-order valence-electron chi connectivity index (χ3n) is 11.0. The third kappa shape index (κ3) is 8.54. The average Bonchev–Trinajstić information content (AvgIpc) is 3.66. The first-order valence-electron chi connectivity index (χ1n) is 19.4. The van der Waals surface area contributed by atoms with Crippen molar-refractivity contribution in [1.82, 2.24) is 15.5 Å². The van der Waals surface area contributed by atoms with Crippen molar-refractivity contribution < 1.29 is 28.7 Å². The zero-order valence-electron chi connectivity index (χ0n) is 32.4. The largest absolute Gasteiger partial charge is 0.456 e. The Morgan fingerprint density at radius 3 is 2.11 bits per heavy atom. The smallest absolute Gasteiger partial charge is 0.407 e. The van der Waals surface area contributed by atoms with Crippen LogP contribution in [0.5, 0.6) is 0 Å². The highest BCUT2D eigenvalue weighted by Gasteiger charge is 2.47. The third-order valence-corrected chi connectivity index (χ3v) is 13.6. The quantitative estimate of drug-likeness (QED) is 0.133. The second-order valence-corrected chi connectivity index (χ2v) is 22.0. The molecule has 3 aliphatic rings. The van der Waals surface area contributed by atoms with Crippen LogP contribution in [0, 0.1) is 0 Å². The van der Waals surface area contributed by atoms with Gasteiger partial charge in [0, 0.05) is 18.5 Å². The van der Waals surface area contributed by atoms with Crippen LogP contribution in [0.2, 0.25) is 19.1 Å². The molecule has 1 fully saturated rings. The van der Waals surface area contributed by atoms with Gasteiger partial charge in [-0.25, -0.2) is 9.59 Å². The molecule has 9 nitrogen and oxygen atoms in total. The highest BCUT2D eigenvalue weighted by atomic mass is 28.3. The van der Waals surface area contributed by atoms with Crippen LogP contribution in [0.25, 0.3) is 11.1 Å². The molecule has 286 valence electrons. The Morgan fingerprint density at radius 1 is 0.836 bits per heavy atom. The van der Waals surface area contributed by atoms with E-state index in [0.29, 0.717) is 17.8 Å². The van der Waals surface area contributed by atoms with E-state index in [0.717, 1.165) is 52.6 Å². The van der Waals surface area contributed by atoms with E-state index in [1.54, 1.807) is 29.2 Å². The zero-order valence-corrected chi connectivity index (χ0v) is 33.4. The molecule has 10 heteroatoms. The van der Waals surface area contributed by atoms with E-state index in [9.17, 15) is 19.2 Å². The summed E-state index contributed by atoms with van der Waals surface area (Å²) in [6, 6.07) is 30.2. The molecule has 3 amide bonds. The highest BCUT2D eigenvalue weighted by molar-refractivity contribution is 6.79. The zero-order chi connectivity index (χ0) is 38.9. The molecule has 1 saturated heterocycles. The van der Waals surface area contributed by atoms with Gasteiger partial charge in [0.2, 0.25) is 11.8 Å². The summed E-state index contributed by atoms with van der Waals surface area (Å²) >= 11 is 0. The number of nitrogens with one attached hydrogen (secondary N) is 2. The van der Waals surface area contributed by atoms with Gasteiger partial charge in [-0.15, -0.1) is 0 Å². The van der Waals surface area contributed by atoms with Crippen molar-refractivity contribution in [1.29, 1.82) is 0 Å². The van der Waals surface area contributed by atoms with E-state index in [2.05, 4.69) is 60.1 Å². The minimum atomic E-state index is -2.00. The molecule has 4 aromatic rings. The summed E-state index contributed by atoms with van der Waals surface area (Å²) in [6.45, 7) is 9.93. The summed E-state index contributed by atoms with van der Waals surface area (Å²) < 4.78 is 11.5. The van der Waals surface area contributed by atoms with Gasteiger partial charge in [-0.3, -0.25) is 9.59 Å². The van der Waals surface area contributed by atoms with Crippen LogP contribution in [0.15, 0.2) is 97.1 Å². The lowest BCUT2D eigenvalue weighted by atomic mass is 9.87. The molecule has 2 N–H and O–H groups in total. The molecule has 0 spiro atoms. The van der Waals surface area contributed by atoms with Crippen molar-refractivity contribution in [2.75, 3.05) is 12.8 Å². The van der Waals surface area contributed by atoms with Crippen molar-refractivity contribution in [2.24, 2.45) is 0 Å². The lowest BCUT2D eigenvalue weighted by Crippen LogP contribution is -2.55. The SMILES string of the molecule is CC(C)(C)OC(=O)c1ccc(CC(NC(=O)OCC2c3ccccc3-c3ccccc32)C(=O)N2C[Si](C)(C)C[C@H]2C(=O)NC2CCCc3ccccc32)cc1. The number of esters is 1. The molecule has 3 atom stereocenters. The van der Waals surface area contributed by atoms with E-state index in [4.69, 9.17) is 9.47 Å². The molecule has 2 aliphatic carbocycles. The van der Waals surface area contributed by atoms with Gasteiger partial charge in [0.05, 0.1) is 19.7 Å². The highest BCUT2D eigenvalue weighted by Crippen LogP contribution is 2.44. The first kappa shape index (κ1) is 38.1. The Morgan fingerprint density at radius 2 is 1.45 bits per heavy atom. The van der Waals surface area contributed by atoms with E-state index < -0.39 is 37.8 Å². The second kappa shape index (κ2) is 15.5. The average molecular weight is 758 g/mol. The fraction of sp³-hybridized carbons (Fsp3) is 0.378. The molecule has 4 aromatic carbocycles. The number of fused-ring (bicyclic) bond motifs is 4. The predicted molar refractivity (Wildman–Crippen MR) is 215 cm³/mol. The van der Waals surface area contributed by atoms with Crippen molar-refractivity contribution in [3.05, 3.63) is 130 Å². The maximum absolute atomic E-state index is 14.7. The normalized spacial score (nSPS) is 19.0. The molecule has 55 heavy (non-hydrogen) atoms. The fourth-order valence-corrected chi connectivity index (χ4v) is 11.3. The fourth-order valence-electron chi connectivity index (χ4n) is 8.44. The van der Waals surface area contributed by atoms with E-state index in [1.165, 1.54) is 5.56 Å². The maximum atomic E-state index is 14.7. The van der Waals surface area contributed by atoms with Gasteiger partial charge >= 0.3 is 12.1 Å². The number of hydrogen-bond acceptors (Lipinski definition) is 6. The van der Waals surface area contributed by atoms with E-state index >= 15 is 0 Å². The van der Waals surface area contributed by atoms with Crippen LogP contribution >= 0.6 is 0 Å². The number of ether oxygens (including phenoxy) is 2. The van der Waals surface area contributed by atoms with Crippen molar-refractivity contribution in [2.45, 2.75) is 95.2 Å². The van der Waals surface area contributed by atoms with Gasteiger partial charge in [-0.1, -0.05) is 98.0 Å². The first-order chi connectivity index (χ1) is 26.3. The molecule has 7 rings (SSSR count). The number of benzene rings is 4. The van der Waals surface area contributed by atoms with Crippen LogP contribution in [-0.4, -0.2) is 67.3 Å². The van der Waals surface area contributed by atoms with Gasteiger partial charge in [0.25, 0.3) is 0 Å². The number of alkyl carbamates (subject to hydrolysis) is 1. The number of carbonyl (C=O) groups is 4. The Balaban J connectivity index is 1.11. The summed E-state index contributed by atoms with van der Waals surface area (Å²) in [6.07, 6.45) is 2.73. The summed E-state index contributed by atoms with van der Waals surface area (Å²) in [5.41, 5.74) is 7.29. The number of nitrogens with zero attached hydrogens (tertiary/aromatic N) is 1. The number of rotatable bonds is 9. The minimum Gasteiger partial charge on any atom is -0.456 e. The molecular formula is C45H51N3O6Si. The van der Waals surface area contributed by atoms with Crippen molar-refractivity contribution in [3.8, 4) is 11.1 Å². The minimum absolute atomic E-state index is 0.100. The first-order valence-corrected chi connectivity index (χ1v) is 22.8. The summed E-state index contributed by atoms with van der Waals surface area (Å²) in [5.74, 6) is -1.07.